The van der Waals surface area contributed by atoms with Crippen LogP contribution in [0.5, 0.6) is 5.75 Å². The normalized spacial score (nSPS) is 12.9. The van der Waals surface area contributed by atoms with Gasteiger partial charge in [0, 0.05) is 0 Å². The van der Waals surface area contributed by atoms with Crippen LogP contribution in [0.1, 0.15) is 46.6 Å². The topological polar surface area (TPSA) is 20.2 Å². The molecule has 90 valence electrons. The zero-order valence-corrected chi connectivity index (χ0v) is 12.9. The van der Waals surface area contributed by atoms with Gasteiger partial charge < -0.3 is 5.11 Å². The Morgan fingerprint density at radius 2 is 1.69 bits per heavy atom. The highest BCUT2D eigenvalue weighted by Gasteiger charge is 2.27. The third-order valence-corrected chi connectivity index (χ3v) is 3.57. The number of halogens is 1. The molecule has 1 aromatic carbocycles. The van der Waals surface area contributed by atoms with Gasteiger partial charge in [-0.1, -0.05) is 40.7 Å². The molecule has 1 nitrogen and oxygen atoms in total. The van der Waals surface area contributed by atoms with Gasteiger partial charge in [0.2, 0.25) is 0 Å². The molecule has 0 saturated heterocycles. The van der Waals surface area contributed by atoms with Gasteiger partial charge in [-0.3, -0.25) is 0 Å². The van der Waals surface area contributed by atoms with Crippen LogP contribution >= 0.6 is 22.6 Å². The van der Waals surface area contributed by atoms with Crippen LogP contribution in [0.25, 0.3) is 0 Å². The van der Waals surface area contributed by atoms with E-state index in [1.54, 1.807) is 6.07 Å². The molecule has 2 heteroatoms. The van der Waals surface area contributed by atoms with Crippen molar-refractivity contribution in [1.29, 1.82) is 0 Å². The molecule has 0 aromatic heterocycles. The molecule has 0 unspecified atom stereocenters. The van der Waals surface area contributed by atoms with Gasteiger partial charge in [0.05, 0.1) is 3.57 Å². The van der Waals surface area contributed by atoms with E-state index in [-0.39, 0.29) is 5.41 Å². The summed E-state index contributed by atoms with van der Waals surface area (Å²) in [5.41, 5.74) is 1.75. The predicted octanol–water partition coefficient (Wildman–Crippen LogP) is 4.71. The van der Waals surface area contributed by atoms with E-state index in [1.807, 2.05) is 6.07 Å². The lowest BCUT2D eigenvalue weighted by atomic mass is 9.72. The molecule has 1 rings (SSSR count). The minimum absolute atomic E-state index is 0.145. The first-order chi connectivity index (χ1) is 7.12. The molecule has 0 saturated carbocycles. The lowest BCUT2D eigenvalue weighted by Gasteiger charge is -2.33. The third-order valence-electron chi connectivity index (χ3n) is 2.70. The van der Waals surface area contributed by atoms with Gasteiger partial charge in [0.25, 0.3) is 0 Å². The summed E-state index contributed by atoms with van der Waals surface area (Å²) >= 11 is 2.18. The Hall–Kier alpha value is -0.250. The quantitative estimate of drug-likeness (QED) is 0.778. The van der Waals surface area contributed by atoms with Crippen molar-refractivity contribution >= 4 is 22.6 Å². The first-order valence-electron chi connectivity index (χ1n) is 5.61. The molecule has 0 atom stereocenters. The second-order valence-corrected chi connectivity index (χ2v) is 7.45. The molecule has 0 amide bonds. The van der Waals surface area contributed by atoms with Gasteiger partial charge in [-0.15, -0.1) is 0 Å². The Kier molecular flexibility index (Phi) is 3.93. The number of rotatable bonds is 2. The van der Waals surface area contributed by atoms with E-state index in [2.05, 4.69) is 63.3 Å². The molecule has 0 aliphatic heterocycles. The van der Waals surface area contributed by atoms with Gasteiger partial charge in [-0.25, -0.2) is 0 Å². The zero-order valence-electron chi connectivity index (χ0n) is 10.8. The summed E-state index contributed by atoms with van der Waals surface area (Å²) in [7, 11) is 0. The lowest BCUT2D eigenvalue weighted by Crippen LogP contribution is -2.24. The van der Waals surface area contributed by atoms with Crippen molar-refractivity contribution in [3.8, 4) is 5.75 Å². The Balaban J connectivity index is 3.02. The van der Waals surface area contributed by atoms with Crippen LogP contribution in [-0.4, -0.2) is 5.11 Å². The molecule has 1 aromatic rings. The Morgan fingerprint density at radius 3 is 2.12 bits per heavy atom. The number of phenols is 1. The van der Waals surface area contributed by atoms with Crippen LogP contribution in [0.2, 0.25) is 0 Å². The van der Waals surface area contributed by atoms with Crippen LogP contribution in [0.4, 0.5) is 0 Å². The molecule has 0 bridgehead atoms. The Morgan fingerprint density at radius 1 is 1.12 bits per heavy atom. The molecule has 0 spiro atoms. The van der Waals surface area contributed by atoms with Crippen molar-refractivity contribution in [3.05, 3.63) is 27.3 Å². The number of phenolic OH excluding ortho intramolecular Hbond substituents is 1. The molecular weight excluding hydrogens is 311 g/mol. The average Bonchev–Trinajstić information content (AvgIpc) is 2.05. The first kappa shape index (κ1) is 13.8. The Bertz CT molecular complexity index is 375. The van der Waals surface area contributed by atoms with Crippen molar-refractivity contribution in [1.82, 2.24) is 0 Å². The predicted molar refractivity (Wildman–Crippen MR) is 77.9 cm³/mol. The standard InChI is InChI=1S/C14H21IO/c1-13(2,3)9-14(4,5)10-6-7-12(16)11(15)8-10/h6-8,16H,9H2,1-5H3. The van der Waals surface area contributed by atoms with Gasteiger partial charge in [-0.2, -0.15) is 0 Å². The Labute approximate surface area is 112 Å². The molecule has 0 fully saturated rings. The molecule has 0 radical (unpaired) electrons. The molecule has 0 aliphatic carbocycles. The lowest BCUT2D eigenvalue weighted by molar-refractivity contribution is 0.284. The van der Waals surface area contributed by atoms with Gasteiger partial charge in [0.15, 0.2) is 0 Å². The fourth-order valence-corrected chi connectivity index (χ4v) is 2.87. The number of benzene rings is 1. The van der Waals surface area contributed by atoms with E-state index >= 15 is 0 Å². The summed E-state index contributed by atoms with van der Waals surface area (Å²) in [5, 5.41) is 9.53. The maximum absolute atomic E-state index is 9.53. The van der Waals surface area contributed by atoms with Crippen molar-refractivity contribution in [2.75, 3.05) is 0 Å². The maximum Gasteiger partial charge on any atom is 0.128 e. The molecule has 0 aliphatic rings. The molecule has 1 N–H and O–H groups in total. The summed E-state index contributed by atoms with van der Waals surface area (Å²) in [5.74, 6) is 0.371. The second-order valence-electron chi connectivity index (χ2n) is 6.29. The van der Waals surface area contributed by atoms with Crippen molar-refractivity contribution < 1.29 is 5.11 Å². The van der Waals surface area contributed by atoms with Crippen LogP contribution in [-0.2, 0) is 5.41 Å². The number of aromatic hydroxyl groups is 1. The van der Waals surface area contributed by atoms with Crippen LogP contribution in [0.15, 0.2) is 18.2 Å². The highest BCUT2D eigenvalue weighted by atomic mass is 127. The summed E-state index contributed by atoms with van der Waals surface area (Å²) in [6.07, 6.45) is 1.13. The highest BCUT2D eigenvalue weighted by molar-refractivity contribution is 14.1. The third kappa shape index (κ3) is 3.65. The fraction of sp³-hybridized carbons (Fsp3) is 0.571. The maximum atomic E-state index is 9.53. The average molecular weight is 332 g/mol. The minimum Gasteiger partial charge on any atom is -0.507 e. The summed E-state index contributed by atoms with van der Waals surface area (Å²) < 4.78 is 0.928. The van der Waals surface area contributed by atoms with Gasteiger partial charge >= 0.3 is 0 Å². The smallest absolute Gasteiger partial charge is 0.128 e. The van der Waals surface area contributed by atoms with Crippen LogP contribution < -0.4 is 0 Å². The summed E-state index contributed by atoms with van der Waals surface area (Å²) in [6.45, 7) is 11.3. The van der Waals surface area contributed by atoms with E-state index in [1.165, 1.54) is 5.56 Å². The van der Waals surface area contributed by atoms with E-state index in [0.29, 0.717) is 11.2 Å². The van der Waals surface area contributed by atoms with Crippen molar-refractivity contribution in [3.63, 3.8) is 0 Å². The highest BCUT2D eigenvalue weighted by Crippen LogP contribution is 2.37. The summed E-state index contributed by atoms with van der Waals surface area (Å²) in [4.78, 5) is 0. The van der Waals surface area contributed by atoms with E-state index in [0.717, 1.165) is 9.99 Å². The molecular formula is C14H21IO. The summed E-state index contributed by atoms with van der Waals surface area (Å²) in [6, 6.07) is 5.91. The second kappa shape index (κ2) is 4.55. The largest absolute Gasteiger partial charge is 0.507 e. The molecule has 16 heavy (non-hydrogen) atoms. The van der Waals surface area contributed by atoms with Crippen LogP contribution in [0, 0.1) is 8.99 Å². The fourth-order valence-electron chi connectivity index (χ4n) is 2.36. The van der Waals surface area contributed by atoms with E-state index < -0.39 is 0 Å². The zero-order chi connectivity index (χ0) is 12.6. The van der Waals surface area contributed by atoms with Gasteiger partial charge in [0.1, 0.15) is 5.75 Å². The minimum atomic E-state index is 0.145. The van der Waals surface area contributed by atoms with E-state index in [9.17, 15) is 5.11 Å². The number of hydrogen-bond acceptors (Lipinski definition) is 1. The van der Waals surface area contributed by atoms with Crippen molar-refractivity contribution in [2.24, 2.45) is 5.41 Å². The number of hydrogen-bond donors (Lipinski definition) is 1. The van der Waals surface area contributed by atoms with E-state index in [4.69, 9.17) is 0 Å². The monoisotopic (exact) mass is 332 g/mol. The first-order valence-corrected chi connectivity index (χ1v) is 6.69. The SMILES string of the molecule is CC(C)(C)CC(C)(C)c1ccc(O)c(I)c1. The van der Waals surface area contributed by atoms with Crippen LogP contribution in [0.3, 0.4) is 0 Å². The van der Waals surface area contributed by atoms with Crippen molar-refractivity contribution in [2.45, 2.75) is 46.5 Å². The van der Waals surface area contributed by atoms with Gasteiger partial charge in [-0.05, 0) is 57.5 Å². The molecule has 0 heterocycles.